The highest BCUT2D eigenvalue weighted by Crippen LogP contribution is 2.40. The molecule has 2 aromatic carbocycles. The lowest BCUT2D eigenvalue weighted by Gasteiger charge is -2.28. The summed E-state index contributed by atoms with van der Waals surface area (Å²) >= 11 is 0. The van der Waals surface area contributed by atoms with Gasteiger partial charge in [0.25, 0.3) is 0 Å². The molecule has 0 radical (unpaired) electrons. The highest BCUT2D eigenvalue weighted by molar-refractivity contribution is 5.94. The van der Waals surface area contributed by atoms with Gasteiger partial charge in [-0.2, -0.15) is 0 Å². The number of carboxylic acids is 1. The number of carboxylic acid groups (broad SMARTS) is 1. The molecule has 0 saturated heterocycles. The molecule has 1 heterocycles. The Bertz CT molecular complexity index is 1500. The van der Waals surface area contributed by atoms with Crippen LogP contribution >= 0.6 is 0 Å². The van der Waals surface area contributed by atoms with E-state index >= 15 is 0 Å². The molecule has 0 atom stereocenters. The van der Waals surface area contributed by atoms with Crippen molar-refractivity contribution < 1.29 is 19.8 Å². The maximum Gasteiger partial charge on any atom is 0.310 e. The second kappa shape index (κ2) is 16.3. The minimum Gasteiger partial charge on any atom is -0.507 e. The van der Waals surface area contributed by atoms with Crippen LogP contribution in [0.25, 0.3) is 12.2 Å². The smallest absolute Gasteiger partial charge is 0.310 e. The standard InChI is InChI=1S/C41H56N2O4/c1-9-41(10-2,38(46)47)28-36(44)43-33-22-15-18-29(25-33)23-24-32-21-16-20-31(42-32)19-14-12-11-13-17-30-26-34(39(3,4)5)37(45)35(27-30)40(6,7)8/h15-16,18,20-27,45H,9-14,17,19,28H2,1-8H3,(H,43,44)(H,46,47)/b24-23+. The summed E-state index contributed by atoms with van der Waals surface area (Å²) in [6.07, 6.45) is 11.1. The summed E-state index contributed by atoms with van der Waals surface area (Å²) in [4.78, 5) is 29.3. The van der Waals surface area contributed by atoms with E-state index in [1.165, 1.54) is 5.56 Å². The summed E-state index contributed by atoms with van der Waals surface area (Å²) in [6, 6.07) is 18.0. The Morgan fingerprint density at radius 1 is 0.787 bits per heavy atom. The van der Waals surface area contributed by atoms with Crippen molar-refractivity contribution in [3.63, 3.8) is 0 Å². The Labute approximate surface area is 282 Å². The summed E-state index contributed by atoms with van der Waals surface area (Å²) in [5.74, 6) is -0.782. The molecule has 6 heteroatoms. The zero-order valence-electron chi connectivity index (χ0n) is 29.9. The van der Waals surface area contributed by atoms with E-state index in [0.717, 1.165) is 66.6 Å². The Kier molecular flexibility index (Phi) is 13.0. The van der Waals surface area contributed by atoms with Gasteiger partial charge >= 0.3 is 5.97 Å². The average molecular weight is 641 g/mol. The number of hydrogen-bond acceptors (Lipinski definition) is 4. The maximum absolute atomic E-state index is 12.7. The van der Waals surface area contributed by atoms with Crippen LogP contribution in [0.5, 0.6) is 5.75 Å². The van der Waals surface area contributed by atoms with Gasteiger partial charge in [0.2, 0.25) is 5.91 Å². The van der Waals surface area contributed by atoms with Crippen molar-refractivity contribution in [2.75, 3.05) is 5.32 Å². The van der Waals surface area contributed by atoms with Crippen molar-refractivity contribution in [3.05, 3.63) is 88.2 Å². The molecule has 0 fully saturated rings. The van der Waals surface area contributed by atoms with Gasteiger partial charge in [-0.25, -0.2) is 0 Å². The molecule has 6 nitrogen and oxygen atoms in total. The van der Waals surface area contributed by atoms with Crippen molar-refractivity contribution in [3.8, 4) is 5.75 Å². The molecular weight excluding hydrogens is 584 g/mol. The number of pyridine rings is 1. The minimum atomic E-state index is -1.04. The lowest BCUT2D eigenvalue weighted by atomic mass is 9.78. The van der Waals surface area contributed by atoms with E-state index < -0.39 is 11.4 Å². The number of phenols is 1. The SMILES string of the molecule is CCC(CC)(CC(=O)Nc1cccc(/C=C/c2cccc(CCCCCCc3cc(C(C)(C)C)c(O)c(C(C)(C)C)c3)n2)c1)C(=O)O. The second-order valence-corrected chi connectivity index (χ2v) is 15.0. The molecule has 3 rings (SSSR count). The van der Waals surface area contributed by atoms with E-state index in [0.29, 0.717) is 24.3 Å². The Morgan fingerprint density at radius 3 is 1.96 bits per heavy atom. The second-order valence-electron chi connectivity index (χ2n) is 15.0. The molecule has 1 aromatic heterocycles. The zero-order valence-corrected chi connectivity index (χ0v) is 29.9. The summed E-state index contributed by atoms with van der Waals surface area (Å²) in [5, 5.41) is 23.5. The van der Waals surface area contributed by atoms with Gasteiger partial charge in [-0.15, -0.1) is 0 Å². The van der Waals surface area contributed by atoms with Gasteiger partial charge in [-0.05, 0) is 102 Å². The van der Waals surface area contributed by atoms with Gasteiger partial charge in [-0.3, -0.25) is 14.6 Å². The number of aromatic hydroxyl groups is 1. The van der Waals surface area contributed by atoms with E-state index in [-0.39, 0.29) is 23.2 Å². The molecule has 0 aliphatic heterocycles. The monoisotopic (exact) mass is 640 g/mol. The highest BCUT2D eigenvalue weighted by Gasteiger charge is 2.37. The van der Waals surface area contributed by atoms with Crippen LogP contribution < -0.4 is 5.32 Å². The van der Waals surface area contributed by atoms with Gasteiger partial charge in [-0.1, -0.05) is 105 Å². The minimum absolute atomic E-state index is 0.0545. The van der Waals surface area contributed by atoms with Crippen LogP contribution in [0, 0.1) is 5.41 Å². The van der Waals surface area contributed by atoms with E-state index in [1.807, 2.05) is 62.4 Å². The first kappa shape index (κ1) is 37.5. The van der Waals surface area contributed by atoms with Gasteiger partial charge in [0.1, 0.15) is 5.75 Å². The fourth-order valence-electron chi connectivity index (χ4n) is 5.99. The normalized spacial score (nSPS) is 12.4. The van der Waals surface area contributed by atoms with Crippen LogP contribution in [0.1, 0.15) is 134 Å². The first-order valence-electron chi connectivity index (χ1n) is 17.2. The summed E-state index contributed by atoms with van der Waals surface area (Å²) in [7, 11) is 0. The van der Waals surface area contributed by atoms with Gasteiger partial charge in [0, 0.05) is 17.8 Å². The molecule has 254 valence electrons. The number of aliphatic carboxylic acids is 1. The number of nitrogens with zero attached hydrogens (tertiary/aromatic N) is 1. The third-order valence-electron chi connectivity index (χ3n) is 9.19. The molecule has 1 amide bonds. The molecule has 3 aromatic rings. The van der Waals surface area contributed by atoms with E-state index in [9.17, 15) is 19.8 Å². The van der Waals surface area contributed by atoms with Gasteiger partial charge < -0.3 is 15.5 Å². The Morgan fingerprint density at radius 2 is 1.38 bits per heavy atom. The number of unbranched alkanes of at least 4 members (excludes halogenated alkanes) is 3. The first-order valence-corrected chi connectivity index (χ1v) is 17.2. The van der Waals surface area contributed by atoms with Crippen molar-refractivity contribution in [1.82, 2.24) is 4.98 Å². The van der Waals surface area contributed by atoms with Crippen LogP contribution in [-0.2, 0) is 33.3 Å². The number of benzene rings is 2. The van der Waals surface area contributed by atoms with Gasteiger partial charge in [0.15, 0.2) is 0 Å². The quantitative estimate of drug-likeness (QED) is 0.144. The highest BCUT2D eigenvalue weighted by atomic mass is 16.4. The molecule has 0 unspecified atom stereocenters. The van der Waals surface area contributed by atoms with Crippen LogP contribution in [0.4, 0.5) is 5.69 Å². The third-order valence-corrected chi connectivity index (χ3v) is 9.19. The fourth-order valence-corrected chi connectivity index (χ4v) is 5.99. The Balaban J connectivity index is 1.52. The number of carbonyl (C=O) groups excluding carboxylic acids is 1. The van der Waals surface area contributed by atoms with E-state index in [4.69, 9.17) is 4.98 Å². The van der Waals surface area contributed by atoms with Gasteiger partial charge in [0.05, 0.1) is 11.1 Å². The predicted molar refractivity (Wildman–Crippen MR) is 195 cm³/mol. The predicted octanol–water partition coefficient (Wildman–Crippen LogP) is 10.1. The number of anilines is 1. The van der Waals surface area contributed by atoms with Crippen molar-refractivity contribution in [2.24, 2.45) is 5.41 Å². The number of aromatic nitrogens is 1. The molecule has 0 aliphatic carbocycles. The average Bonchev–Trinajstić information content (AvgIpc) is 3.00. The largest absolute Gasteiger partial charge is 0.507 e. The zero-order chi connectivity index (χ0) is 34.8. The molecule has 3 N–H and O–H groups in total. The Hall–Kier alpha value is -3.93. The number of rotatable bonds is 15. The maximum atomic E-state index is 12.7. The molecule has 0 spiro atoms. The molecule has 0 aliphatic rings. The number of amides is 1. The molecule has 47 heavy (non-hydrogen) atoms. The summed E-state index contributed by atoms with van der Waals surface area (Å²) in [6.45, 7) is 16.6. The van der Waals surface area contributed by atoms with E-state index in [1.54, 1.807) is 0 Å². The fraction of sp³-hybridized carbons (Fsp3) is 0.488. The van der Waals surface area contributed by atoms with Crippen LogP contribution in [0.2, 0.25) is 0 Å². The van der Waals surface area contributed by atoms with Crippen molar-refractivity contribution in [2.45, 2.75) is 124 Å². The number of aryl methyl sites for hydroxylation is 2. The number of hydrogen-bond donors (Lipinski definition) is 3. The summed E-state index contributed by atoms with van der Waals surface area (Å²) < 4.78 is 0. The molecular formula is C41H56N2O4. The van der Waals surface area contributed by atoms with Crippen LogP contribution in [-0.4, -0.2) is 27.1 Å². The van der Waals surface area contributed by atoms with Crippen LogP contribution in [0.3, 0.4) is 0 Å². The lowest BCUT2D eigenvalue weighted by Crippen LogP contribution is -2.34. The third kappa shape index (κ3) is 10.8. The topological polar surface area (TPSA) is 99.5 Å². The lowest BCUT2D eigenvalue weighted by molar-refractivity contribution is -0.151. The van der Waals surface area contributed by atoms with Crippen molar-refractivity contribution in [1.29, 1.82) is 0 Å². The van der Waals surface area contributed by atoms with E-state index in [2.05, 4.69) is 65.1 Å². The molecule has 0 saturated carbocycles. The van der Waals surface area contributed by atoms with Crippen LogP contribution in [0.15, 0.2) is 54.6 Å². The molecule has 0 bridgehead atoms. The van der Waals surface area contributed by atoms with Crippen molar-refractivity contribution >= 4 is 29.7 Å². The number of nitrogens with one attached hydrogen (secondary N) is 1. The number of phenolic OH excluding ortho intramolecular Hbond substituents is 1. The summed E-state index contributed by atoms with van der Waals surface area (Å²) in [5.41, 5.74) is 5.61. The first-order chi connectivity index (χ1) is 22.1. The number of carbonyl (C=O) groups is 2.